The van der Waals surface area contributed by atoms with Crippen LogP contribution in [0.3, 0.4) is 0 Å². The molecule has 0 amide bonds. The Morgan fingerprint density at radius 2 is 1.94 bits per heavy atom. The van der Waals surface area contributed by atoms with Crippen LogP contribution in [-0.4, -0.2) is 26.0 Å². The van der Waals surface area contributed by atoms with Gasteiger partial charge in [-0.25, -0.2) is 0 Å². The van der Waals surface area contributed by atoms with Crippen molar-refractivity contribution in [1.29, 1.82) is 0 Å². The Balaban J connectivity index is 2.68. The van der Waals surface area contributed by atoms with Crippen LogP contribution in [0.4, 0.5) is 0 Å². The molecule has 0 aliphatic carbocycles. The molecule has 18 heavy (non-hydrogen) atoms. The van der Waals surface area contributed by atoms with Crippen LogP contribution in [0.2, 0.25) is 0 Å². The van der Waals surface area contributed by atoms with Gasteiger partial charge in [0, 0.05) is 17.4 Å². The molecule has 3 nitrogen and oxygen atoms in total. The number of thioether (sulfide) groups is 1. The zero-order valence-electron chi connectivity index (χ0n) is 11.0. The molecule has 0 saturated heterocycles. The number of rotatable bonds is 7. The quantitative estimate of drug-likeness (QED) is 0.776. The Hall–Kier alpha value is -0.390. The molecule has 0 radical (unpaired) electrons. The summed E-state index contributed by atoms with van der Waals surface area (Å²) in [6.07, 6.45) is 1.03. The molecule has 0 aromatic heterocycles. The fourth-order valence-electron chi connectivity index (χ4n) is 1.49. The minimum absolute atomic E-state index is 0.263. The fourth-order valence-corrected chi connectivity index (χ4v) is 3.10. The molecule has 0 spiro atoms. The Bertz CT molecular complexity index is 385. The van der Waals surface area contributed by atoms with Crippen LogP contribution in [0.25, 0.3) is 0 Å². The maximum atomic E-state index is 5.73. The van der Waals surface area contributed by atoms with Gasteiger partial charge in [0.25, 0.3) is 0 Å². The monoisotopic (exact) mass is 333 g/mol. The van der Waals surface area contributed by atoms with Crippen LogP contribution < -0.4 is 15.2 Å². The fraction of sp³-hybridized carbons (Fsp3) is 0.538. The van der Waals surface area contributed by atoms with Crippen molar-refractivity contribution >= 4 is 27.7 Å². The van der Waals surface area contributed by atoms with E-state index in [0.29, 0.717) is 0 Å². The number of benzene rings is 1. The summed E-state index contributed by atoms with van der Waals surface area (Å²) in [7, 11) is 3.35. The number of halogens is 1. The zero-order valence-corrected chi connectivity index (χ0v) is 13.4. The highest BCUT2D eigenvalue weighted by Crippen LogP contribution is 2.34. The normalized spacial score (nSPS) is 12.3. The predicted octanol–water partition coefficient (Wildman–Crippen LogP) is 3.44. The van der Waals surface area contributed by atoms with Gasteiger partial charge in [-0.3, -0.25) is 0 Å². The molecule has 0 heterocycles. The topological polar surface area (TPSA) is 44.5 Å². The zero-order chi connectivity index (χ0) is 13.5. The highest BCUT2D eigenvalue weighted by Gasteiger charge is 2.09. The number of hydrogen-bond acceptors (Lipinski definition) is 4. The first-order chi connectivity index (χ1) is 8.58. The van der Waals surface area contributed by atoms with E-state index in [0.717, 1.165) is 39.5 Å². The summed E-state index contributed by atoms with van der Waals surface area (Å²) in [5, 5.41) is 0. The van der Waals surface area contributed by atoms with Crippen molar-refractivity contribution in [1.82, 2.24) is 0 Å². The van der Waals surface area contributed by atoms with Crippen LogP contribution in [-0.2, 0) is 5.75 Å². The Morgan fingerprint density at radius 3 is 2.50 bits per heavy atom. The van der Waals surface area contributed by atoms with Crippen LogP contribution >= 0.6 is 27.7 Å². The van der Waals surface area contributed by atoms with E-state index in [-0.39, 0.29) is 6.04 Å². The van der Waals surface area contributed by atoms with Gasteiger partial charge in [-0.05, 0) is 47.2 Å². The average Bonchev–Trinajstić information content (AvgIpc) is 2.35. The van der Waals surface area contributed by atoms with Crippen LogP contribution in [0.5, 0.6) is 11.5 Å². The standard InChI is InChI=1S/C13H20BrNO2S/c1-9(15)4-5-18-8-10-6-13(17-3)11(14)7-12(10)16-2/h6-7,9H,4-5,8,15H2,1-3H3. The van der Waals surface area contributed by atoms with Gasteiger partial charge in [0.2, 0.25) is 0 Å². The van der Waals surface area contributed by atoms with Gasteiger partial charge in [-0.15, -0.1) is 0 Å². The summed E-state index contributed by atoms with van der Waals surface area (Å²) < 4.78 is 11.6. The lowest BCUT2D eigenvalue weighted by Crippen LogP contribution is -2.15. The molecule has 0 aliphatic rings. The minimum atomic E-state index is 0.263. The van der Waals surface area contributed by atoms with Crippen LogP contribution in [0.15, 0.2) is 16.6 Å². The third kappa shape index (κ3) is 4.71. The molecule has 102 valence electrons. The molecule has 1 unspecified atom stereocenters. The SMILES string of the molecule is COc1cc(CSCCC(C)N)c(OC)cc1Br. The molecule has 0 fully saturated rings. The summed E-state index contributed by atoms with van der Waals surface area (Å²) in [6.45, 7) is 2.03. The summed E-state index contributed by atoms with van der Waals surface area (Å²) in [4.78, 5) is 0. The third-order valence-electron chi connectivity index (χ3n) is 2.53. The summed E-state index contributed by atoms with van der Waals surface area (Å²) >= 11 is 5.31. The summed E-state index contributed by atoms with van der Waals surface area (Å²) in [6, 6.07) is 4.22. The number of methoxy groups -OCH3 is 2. The van der Waals surface area contributed by atoms with E-state index in [1.54, 1.807) is 14.2 Å². The highest BCUT2D eigenvalue weighted by atomic mass is 79.9. The van der Waals surface area contributed by atoms with Gasteiger partial charge in [0.1, 0.15) is 11.5 Å². The molecule has 0 bridgehead atoms. The van der Waals surface area contributed by atoms with Gasteiger partial charge in [0.15, 0.2) is 0 Å². The molecule has 5 heteroatoms. The Kier molecular flexibility index (Phi) is 6.89. The average molecular weight is 334 g/mol. The van der Waals surface area contributed by atoms with E-state index < -0.39 is 0 Å². The molecule has 2 N–H and O–H groups in total. The van der Waals surface area contributed by atoms with Crippen LogP contribution in [0.1, 0.15) is 18.9 Å². The Labute approximate surface area is 122 Å². The minimum Gasteiger partial charge on any atom is -0.496 e. The molecule has 0 aliphatic heterocycles. The van der Waals surface area contributed by atoms with Gasteiger partial charge < -0.3 is 15.2 Å². The number of ether oxygens (including phenoxy) is 2. The van der Waals surface area contributed by atoms with Crippen molar-refractivity contribution in [2.75, 3.05) is 20.0 Å². The van der Waals surface area contributed by atoms with Crippen molar-refractivity contribution < 1.29 is 9.47 Å². The van der Waals surface area contributed by atoms with Gasteiger partial charge in [0.05, 0.1) is 18.7 Å². The molecular weight excluding hydrogens is 314 g/mol. The lowest BCUT2D eigenvalue weighted by atomic mass is 10.2. The van der Waals surface area contributed by atoms with Crippen molar-refractivity contribution in [2.45, 2.75) is 25.1 Å². The summed E-state index contributed by atoms with van der Waals surface area (Å²) in [5.41, 5.74) is 6.87. The van der Waals surface area contributed by atoms with E-state index in [1.165, 1.54) is 0 Å². The lowest BCUT2D eigenvalue weighted by molar-refractivity contribution is 0.398. The largest absolute Gasteiger partial charge is 0.496 e. The Morgan fingerprint density at radius 1 is 1.28 bits per heavy atom. The molecule has 0 saturated carbocycles. The van der Waals surface area contributed by atoms with E-state index in [9.17, 15) is 0 Å². The van der Waals surface area contributed by atoms with E-state index in [2.05, 4.69) is 15.9 Å². The van der Waals surface area contributed by atoms with Gasteiger partial charge in [-0.1, -0.05) is 0 Å². The summed E-state index contributed by atoms with van der Waals surface area (Å²) in [5.74, 6) is 3.67. The van der Waals surface area contributed by atoms with Gasteiger partial charge in [-0.2, -0.15) is 11.8 Å². The highest BCUT2D eigenvalue weighted by molar-refractivity contribution is 9.10. The second-order valence-electron chi connectivity index (χ2n) is 4.12. The van der Waals surface area contributed by atoms with Crippen molar-refractivity contribution in [2.24, 2.45) is 5.73 Å². The van der Waals surface area contributed by atoms with E-state index in [4.69, 9.17) is 15.2 Å². The molecule has 1 atom stereocenters. The van der Waals surface area contributed by atoms with Crippen molar-refractivity contribution in [3.05, 3.63) is 22.2 Å². The third-order valence-corrected chi connectivity index (χ3v) is 4.19. The number of nitrogens with two attached hydrogens (primary N) is 1. The van der Waals surface area contributed by atoms with Crippen molar-refractivity contribution in [3.63, 3.8) is 0 Å². The molecular formula is C13H20BrNO2S. The molecule has 1 rings (SSSR count). The lowest BCUT2D eigenvalue weighted by Gasteiger charge is -2.12. The second-order valence-corrected chi connectivity index (χ2v) is 6.08. The molecule has 1 aromatic rings. The first-order valence-electron chi connectivity index (χ1n) is 5.82. The van der Waals surface area contributed by atoms with Crippen molar-refractivity contribution in [3.8, 4) is 11.5 Å². The predicted molar refractivity (Wildman–Crippen MR) is 81.7 cm³/mol. The second kappa shape index (κ2) is 7.92. The molecule has 1 aromatic carbocycles. The smallest absolute Gasteiger partial charge is 0.133 e. The van der Waals surface area contributed by atoms with E-state index in [1.807, 2.05) is 30.8 Å². The van der Waals surface area contributed by atoms with E-state index >= 15 is 0 Å². The maximum absolute atomic E-state index is 5.73. The van der Waals surface area contributed by atoms with Crippen LogP contribution in [0, 0.1) is 0 Å². The first kappa shape index (κ1) is 15.7. The number of hydrogen-bond donors (Lipinski definition) is 1. The van der Waals surface area contributed by atoms with Gasteiger partial charge >= 0.3 is 0 Å². The maximum Gasteiger partial charge on any atom is 0.133 e. The first-order valence-corrected chi connectivity index (χ1v) is 7.77.